The Hall–Kier alpha value is -2.63. The predicted molar refractivity (Wildman–Crippen MR) is 155 cm³/mol. The second-order valence-electron chi connectivity index (χ2n) is 14.7. The number of carbonyl (C=O) groups is 4. The third-order valence-corrected chi connectivity index (χ3v) is 13.3. The van der Waals surface area contributed by atoms with Gasteiger partial charge in [-0.15, -0.1) is 0 Å². The lowest BCUT2D eigenvalue weighted by atomic mass is 9.43. The van der Waals surface area contributed by atoms with Gasteiger partial charge in [-0.25, -0.2) is 0 Å². The summed E-state index contributed by atoms with van der Waals surface area (Å²) >= 11 is 0. The van der Waals surface area contributed by atoms with Gasteiger partial charge in [-0.1, -0.05) is 20.8 Å². The first-order chi connectivity index (χ1) is 22.6. The molecule has 49 heavy (non-hydrogen) atoms. The molecule has 0 amide bonds. The summed E-state index contributed by atoms with van der Waals surface area (Å²) in [5, 5.41) is 0. The molecule has 4 aliphatic rings. The van der Waals surface area contributed by atoms with Crippen molar-refractivity contribution in [2.45, 2.75) is 115 Å². The van der Waals surface area contributed by atoms with Gasteiger partial charge in [0.05, 0.1) is 0 Å². The molecule has 0 heterocycles. The van der Waals surface area contributed by atoms with Crippen molar-refractivity contribution in [1.29, 1.82) is 0 Å². The molecule has 0 aliphatic heterocycles. The van der Waals surface area contributed by atoms with Crippen LogP contribution in [0.5, 0.6) is 0 Å². The molecule has 0 aromatic heterocycles. The van der Waals surface area contributed by atoms with E-state index in [2.05, 4.69) is 11.7 Å². The average molecular weight is 737 g/mol. The number of hydrogen-bond donors (Lipinski definition) is 1. The van der Waals surface area contributed by atoms with E-state index in [0.29, 0.717) is 64.4 Å². The van der Waals surface area contributed by atoms with Crippen LogP contribution in [0.25, 0.3) is 0 Å². The quantitative estimate of drug-likeness (QED) is 0.0871. The molecule has 4 aliphatic carbocycles. The van der Waals surface area contributed by atoms with Crippen molar-refractivity contribution in [2.24, 2.45) is 46.3 Å². The lowest BCUT2D eigenvalue weighted by molar-refractivity contribution is -0.361. The summed E-state index contributed by atoms with van der Waals surface area (Å²) in [7, 11) is -5.92. The summed E-state index contributed by atoms with van der Waals surface area (Å²) in [5.74, 6) is -6.19. The van der Waals surface area contributed by atoms with E-state index < -0.39 is 69.8 Å². The number of carbonyl (C=O) groups excluding carboxylic acids is 4. The molecule has 4 saturated carbocycles. The minimum Gasteiger partial charge on any atom is -0.465 e. The Morgan fingerprint density at radius 2 is 1.51 bits per heavy atom. The molecule has 4 rings (SSSR count). The number of fused-ring (bicyclic) bond motifs is 5. The van der Waals surface area contributed by atoms with Gasteiger partial charge in [0, 0.05) is 17.8 Å². The van der Waals surface area contributed by atoms with Crippen molar-refractivity contribution in [1.82, 2.24) is 0 Å². The second kappa shape index (κ2) is 13.8. The number of alkyl halides is 6. The monoisotopic (exact) mass is 736 g/mol. The third-order valence-electron chi connectivity index (χ3n) is 12.5. The van der Waals surface area contributed by atoms with Crippen molar-refractivity contribution >= 4 is 35.5 Å². The van der Waals surface area contributed by atoms with Crippen molar-refractivity contribution in [3.8, 4) is 0 Å². The van der Waals surface area contributed by atoms with E-state index in [-0.39, 0.29) is 47.5 Å². The molecule has 11 atom stereocenters. The van der Waals surface area contributed by atoms with Crippen LogP contribution in [0.2, 0.25) is 0 Å². The molecule has 0 aromatic rings. The smallest absolute Gasteiger partial charge is 0.438 e. The zero-order valence-electron chi connectivity index (χ0n) is 27.2. The van der Waals surface area contributed by atoms with E-state index in [1.165, 1.54) is 0 Å². The van der Waals surface area contributed by atoms with E-state index in [1.807, 2.05) is 6.92 Å². The van der Waals surface area contributed by atoms with Crippen LogP contribution in [-0.2, 0) is 48.2 Å². The Bertz CT molecular complexity index is 1340. The number of halogens is 6. The summed E-state index contributed by atoms with van der Waals surface area (Å²) in [6.07, 6.45) is -11.6. The number of hydrogen-bond acceptors (Lipinski definition) is 10. The Labute approximate surface area is 279 Å². The average Bonchev–Trinajstić information content (AvgIpc) is 3.33. The Kier molecular flexibility index (Phi) is 11.1. The second-order valence-corrected chi connectivity index (χ2v) is 16.1. The predicted octanol–water partition coefficient (Wildman–Crippen LogP) is 5.20. The highest BCUT2D eigenvalue weighted by Crippen LogP contribution is 2.69. The molecule has 11 nitrogen and oxygen atoms in total. The SMILES string of the molecule is C[C@H](CCC(=O)OC(CS(=O)(=O)O)(C(F)(F)F)C(F)(F)F)[C@H]1CC[C@H]2[C@@H]3C(OC=O)CC4CC(OC=O)CC[C@]4(C)[C@H]3CC(OC=O)[C@]12C. The summed E-state index contributed by atoms with van der Waals surface area (Å²) < 4.78 is 134. The van der Waals surface area contributed by atoms with Gasteiger partial charge in [0.25, 0.3) is 29.5 Å². The maximum Gasteiger partial charge on any atom is 0.438 e. The van der Waals surface area contributed by atoms with Crippen molar-refractivity contribution < 1.29 is 77.4 Å². The van der Waals surface area contributed by atoms with Gasteiger partial charge in [-0.3, -0.25) is 23.7 Å². The first-order valence-corrected chi connectivity index (χ1v) is 17.8. The molecule has 1 N–H and O–H groups in total. The van der Waals surface area contributed by atoms with Crippen LogP contribution in [0.4, 0.5) is 26.3 Å². The zero-order chi connectivity index (χ0) is 36.8. The standard InChI is InChI=1S/C31H42F6O11S/c1-17(4-7-25(41)48-29(30(32,33)34,31(35,36)37)13-49(42,43)44)20-5-6-21-26-22(12-24(47-16-40)28(20,21)3)27(2)9-8-19(45-14-38)10-18(27)11-23(26)46-15-39/h14-24,26H,4-13H2,1-3H3,(H,42,43,44)/t17-,18?,19?,20-,21+,22+,23?,24?,26+,27+,28-/m1/s1. The fourth-order valence-electron chi connectivity index (χ4n) is 10.3. The molecule has 0 aromatic carbocycles. The molecule has 0 spiro atoms. The number of esters is 1. The molecule has 0 saturated heterocycles. The lowest BCUT2D eigenvalue weighted by Crippen LogP contribution is -2.63. The van der Waals surface area contributed by atoms with Gasteiger partial charge in [0.1, 0.15) is 24.1 Å². The maximum absolute atomic E-state index is 13.7. The Morgan fingerprint density at radius 3 is 2.06 bits per heavy atom. The number of ether oxygens (including phenoxy) is 4. The van der Waals surface area contributed by atoms with Gasteiger partial charge in [-0.2, -0.15) is 34.8 Å². The highest BCUT2D eigenvalue weighted by molar-refractivity contribution is 7.85. The minimum absolute atomic E-state index is 0.0297. The molecule has 18 heteroatoms. The molecule has 4 unspecified atom stereocenters. The summed E-state index contributed by atoms with van der Waals surface area (Å²) in [6, 6.07) is 0. The van der Waals surface area contributed by atoms with E-state index in [1.54, 1.807) is 6.92 Å². The molecular formula is C31H42F6O11S. The van der Waals surface area contributed by atoms with E-state index in [9.17, 15) is 53.9 Å². The molecular weight excluding hydrogens is 694 g/mol. The van der Waals surface area contributed by atoms with Crippen LogP contribution in [0.3, 0.4) is 0 Å². The van der Waals surface area contributed by atoms with Gasteiger partial charge >= 0.3 is 23.9 Å². The van der Waals surface area contributed by atoms with Crippen LogP contribution in [-0.4, -0.2) is 80.4 Å². The van der Waals surface area contributed by atoms with Crippen LogP contribution >= 0.6 is 0 Å². The topological polar surface area (TPSA) is 160 Å². The maximum atomic E-state index is 13.7. The van der Waals surface area contributed by atoms with E-state index in [0.717, 1.165) is 0 Å². The highest BCUT2D eigenvalue weighted by atomic mass is 32.2. The largest absolute Gasteiger partial charge is 0.465 e. The number of rotatable bonds is 13. The van der Waals surface area contributed by atoms with Gasteiger partial charge in [-0.05, 0) is 86.4 Å². The van der Waals surface area contributed by atoms with Gasteiger partial charge in [0.15, 0.2) is 0 Å². The normalized spacial score (nSPS) is 37.0. The first kappa shape index (κ1) is 39.2. The molecule has 0 bridgehead atoms. The molecule has 0 radical (unpaired) electrons. The van der Waals surface area contributed by atoms with Gasteiger partial charge in [0.2, 0.25) is 0 Å². The van der Waals surface area contributed by atoms with E-state index in [4.69, 9.17) is 18.8 Å². The van der Waals surface area contributed by atoms with Crippen LogP contribution in [0.15, 0.2) is 0 Å². The molecule has 4 fully saturated rings. The summed E-state index contributed by atoms with van der Waals surface area (Å²) in [6.45, 7) is 6.86. The lowest BCUT2D eigenvalue weighted by Gasteiger charge is -2.64. The Morgan fingerprint density at radius 1 is 0.898 bits per heavy atom. The van der Waals surface area contributed by atoms with Gasteiger partial charge < -0.3 is 18.9 Å². The van der Waals surface area contributed by atoms with Crippen LogP contribution in [0.1, 0.15) is 78.6 Å². The van der Waals surface area contributed by atoms with Crippen molar-refractivity contribution in [3.63, 3.8) is 0 Å². The summed E-state index contributed by atoms with van der Waals surface area (Å²) in [5.41, 5.74) is -6.55. The third kappa shape index (κ3) is 7.13. The first-order valence-electron chi connectivity index (χ1n) is 16.2. The fourth-order valence-corrected chi connectivity index (χ4v) is 11.2. The van der Waals surface area contributed by atoms with E-state index >= 15 is 0 Å². The van der Waals surface area contributed by atoms with Crippen molar-refractivity contribution in [2.75, 3.05) is 5.75 Å². The summed E-state index contributed by atoms with van der Waals surface area (Å²) in [4.78, 5) is 47.2. The van der Waals surface area contributed by atoms with Crippen LogP contribution in [0, 0.1) is 46.3 Å². The minimum atomic E-state index is -6.43. The Balaban J connectivity index is 1.59. The molecule has 280 valence electrons. The van der Waals surface area contributed by atoms with Crippen molar-refractivity contribution in [3.05, 3.63) is 0 Å². The van der Waals surface area contributed by atoms with Crippen LogP contribution < -0.4 is 0 Å². The zero-order valence-corrected chi connectivity index (χ0v) is 28.0. The fraction of sp³-hybridized carbons (Fsp3) is 0.871. The highest BCUT2D eigenvalue weighted by Gasteiger charge is 2.76.